The highest BCUT2D eigenvalue weighted by Gasteiger charge is 2.12. The lowest BCUT2D eigenvalue weighted by Gasteiger charge is -1.97. The molecule has 0 aliphatic heterocycles. The van der Waals surface area contributed by atoms with E-state index in [2.05, 4.69) is 15.1 Å². The van der Waals surface area contributed by atoms with Gasteiger partial charge in [-0.25, -0.2) is 4.98 Å². The molecule has 0 aliphatic carbocycles. The maximum Gasteiger partial charge on any atom is 0.238 e. The highest BCUT2D eigenvalue weighted by atomic mass is 16.5. The molecule has 0 fully saturated rings. The van der Waals surface area contributed by atoms with Crippen molar-refractivity contribution in [3.05, 3.63) is 48.1 Å². The summed E-state index contributed by atoms with van der Waals surface area (Å²) in [6, 6.07) is 7.59. The SMILES string of the molecule is Cn1ccnc1-c1noc(Cc2ccc(N)cc2)n1. The van der Waals surface area contributed by atoms with Crippen LogP contribution in [0.1, 0.15) is 11.5 Å². The molecule has 0 aliphatic rings. The van der Waals surface area contributed by atoms with E-state index in [1.54, 1.807) is 6.20 Å². The molecule has 1 aromatic carbocycles. The summed E-state index contributed by atoms with van der Waals surface area (Å²) in [6.45, 7) is 0. The first kappa shape index (κ1) is 11.5. The number of nitrogen functional groups attached to an aromatic ring is 1. The third-order valence-electron chi connectivity index (χ3n) is 2.82. The summed E-state index contributed by atoms with van der Waals surface area (Å²) in [5, 5.41) is 3.94. The average molecular weight is 255 g/mol. The smallest absolute Gasteiger partial charge is 0.238 e. The zero-order valence-electron chi connectivity index (χ0n) is 10.4. The van der Waals surface area contributed by atoms with Gasteiger partial charge >= 0.3 is 0 Å². The van der Waals surface area contributed by atoms with Gasteiger partial charge in [0.15, 0.2) is 5.82 Å². The molecule has 6 nitrogen and oxygen atoms in total. The number of nitrogens with two attached hydrogens (primary N) is 1. The van der Waals surface area contributed by atoms with Crippen molar-refractivity contribution in [2.45, 2.75) is 6.42 Å². The zero-order chi connectivity index (χ0) is 13.2. The van der Waals surface area contributed by atoms with Crippen molar-refractivity contribution in [3.63, 3.8) is 0 Å². The van der Waals surface area contributed by atoms with Crippen LogP contribution in [0.25, 0.3) is 11.6 Å². The predicted molar refractivity (Wildman–Crippen MR) is 70.2 cm³/mol. The minimum atomic E-state index is 0.498. The standard InChI is InChI=1S/C13H13N5O/c1-18-7-6-15-13(18)12-16-11(19-17-12)8-9-2-4-10(14)5-3-9/h2-7H,8,14H2,1H3. The minimum absolute atomic E-state index is 0.498. The lowest BCUT2D eigenvalue weighted by molar-refractivity contribution is 0.385. The van der Waals surface area contributed by atoms with Crippen molar-refractivity contribution in [1.82, 2.24) is 19.7 Å². The van der Waals surface area contributed by atoms with Crippen LogP contribution >= 0.6 is 0 Å². The largest absolute Gasteiger partial charge is 0.399 e. The van der Waals surface area contributed by atoms with Gasteiger partial charge in [-0.1, -0.05) is 17.3 Å². The number of benzene rings is 1. The molecule has 2 heterocycles. The summed E-state index contributed by atoms with van der Waals surface area (Å²) in [5.74, 6) is 1.74. The molecule has 0 amide bonds. The number of imidazole rings is 1. The Morgan fingerprint density at radius 1 is 1.26 bits per heavy atom. The normalized spacial score (nSPS) is 10.8. The van der Waals surface area contributed by atoms with Crippen LogP contribution in [0.4, 0.5) is 5.69 Å². The summed E-state index contributed by atoms with van der Waals surface area (Å²) in [5.41, 5.74) is 7.45. The molecule has 0 saturated carbocycles. The minimum Gasteiger partial charge on any atom is -0.399 e. The molecular weight excluding hydrogens is 242 g/mol. The maximum atomic E-state index is 5.64. The van der Waals surface area contributed by atoms with Gasteiger partial charge in [0.05, 0.1) is 6.42 Å². The second-order valence-electron chi connectivity index (χ2n) is 4.29. The summed E-state index contributed by atoms with van der Waals surface area (Å²) in [7, 11) is 1.89. The second kappa shape index (κ2) is 4.56. The van der Waals surface area contributed by atoms with Crippen molar-refractivity contribution in [2.75, 3.05) is 5.73 Å². The number of rotatable bonds is 3. The Labute approximate surface area is 109 Å². The first-order valence-corrected chi connectivity index (χ1v) is 5.87. The van der Waals surface area contributed by atoms with Crippen LogP contribution in [0, 0.1) is 0 Å². The summed E-state index contributed by atoms with van der Waals surface area (Å²) < 4.78 is 7.08. The maximum absolute atomic E-state index is 5.64. The van der Waals surface area contributed by atoms with Crippen LogP contribution in [-0.4, -0.2) is 19.7 Å². The summed E-state index contributed by atoms with van der Waals surface area (Å²) in [6.07, 6.45) is 4.12. The van der Waals surface area contributed by atoms with Crippen LogP contribution in [-0.2, 0) is 13.5 Å². The Hall–Kier alpha value is -2.63. The van der Waals surface area contributed by atoms with Gasteiger partial charge in [0.2, 0.25) is 11.7 Å². The van der Waals surface area contributed by atoms with Gasteiger partial charge in [-0.15, -0.1) is 0 Å². The molecule has 3 aromatic rings. The van der Waals surface area contributed by atoms with Gasteiger partial charge in [-0.05, 0) is 17.7 Å². The first-order valence-electron chi connectivity index (χ1n) is 5.87. The van der Waals surface area contributed by atoms with Gasteiger partial charge < -0.3 is 14.8 Å². The number of hydrogen-bond acceptors (Lipinski definition) is 5. The fourth-order valence-corrected chi connectivity index (χ4v) is 1.81. The Kier molecular flexibility index (Phi) is 2.75. The van der Waals surface area contributed by atoms with E-state index in [-0.39, 0.29) is 0 Å². The number of anilines is 1. The molecule has 2 N–H and O–H groups in total. The van der Waals surface area contributed by atoms with Crippen LogP contribution < -0.4 is 5.73 Å². The zero-order valence-corrected chi connectivity index (χ0v) is 10.4. The van der Waals surface area contributed by atoms with Crippen LogP contribution in [0.15, 0.2) is 41.2 Å². The number of nitrogens with zero attached hydrogens (tertiary/aromatic N) is 4. The number of aryl methyl sites for hydroxylation is 1. The molecule has 0 bridgehead atoms. The van der Waals surface area contributed by atoms with Gasteiger partial charge in [0.25, 0.3) is 0 Å². The molecule has 96 valence electrons. The Balaban J connectivity index is 1.82. The van der Waals surface area contributed by atoms with E-state index >= 15 is 0 Å². The molecule has 0 saturated heterocycles. The van der Waals surface area contributed by atoms with E-state index in [0.717, 1.165) is 11.3 Å². The summed E-state index contributed by atoms with van der Waals surface area (Å²) in [4.78, 5) is 8.52. The quantitative estimate of drug-likeness (QED) is 0.719. The molecule has 2 aromatic heterocycles. The molecule has 0 atom stereocenters. The first-order chi connectivity index (χ1) is 9.22. The average Bonchev–Trinajstić information content (AvgIpc) is 3.01. The molecule has 0 spiro atoms. The fraction of sp³-hybridized carbons (Fsp3) is 0.154. The van der Waals surface area contributed by atoms with E-state index in [0.29, 0.717) is 24.0 Å². The molecule has 19 heavy (non-hydrogen) atoms. The third kappa shape index (κ3) is 2.33. The van der Waals surface area contributed by atoms with Crippen molar-refractivity contribution in [2.24, 2.45) is 7.05 Å². The van der Waals surface area contributed by atoms with Crippen LogP contribution in [0.2, 0.25) is 0 Å². The molecular formula is C13H13N5O. The molecule has 0 radical (unpaired) electrons. The number of aromatic nitrogens is 4. The Morgan fingerprint density at radius 2 is 2.05 bits per heavy atom. The van der Waals surface area contributed by atoms with Crippen molar-refractivity contribution >= 4 is 5.69 Å². The van der Waals surface area contributed by atoms with Gasteiger partial charge in [-0.3, -0.25) is 0 Å². The van der Waals surface area contributed by atoms with E-state index < -0.39 is 0 Å². The lowest BCUT2D eigenvalue weighted by Crippen LogP contribution is -1.94. The molecule has 3 rings (SSSR count). The second-order valence-corrected chi connectivity index (χ2v) is 4.29. The van der Waals surface area contributed by atoms with Gasteiger partial charge in [0.1, 0.15) is 0 Å². The fourth-order valence-electron chi connectivity index (χ4n) is 1.81. The highest BCUT2D eigenvalue weighted by molar-refractivity contribution is 5.43. The lowest BCUT2D eigenvalue weighted by atomic mass is 10.1. The Morgan fingerprint density at radius 3 is 2.74 bits per heavy atom. The highest BCUT2D eigenvalue weighted by Crippen LogP contribution is 2.15. The Bertz CT molecular complexity index is 683. The molecule has 0 unspecified atom stereocenters. The van der Waals surface area contributed by atoms with Crippen LogP contribution in [0.3, 0.4) is 0 Å². The number of hydrogen-bond donors (Lipinski definition) is 1. The van der Waals surface area contributed by atoms with E-state index in [1.807, 2.05) is 42.1 Å². The van der Waals surface area contributed by atoms with Crippen molar-refractivity contribution in [1.29, 1.82) is 0 Å². The van der Waals surface area contributed by atoms with Crippen molar-refractivity contribution < 1.29 is 4.52 Å². The van der Waals surface area contributed by atoms with Gasteiger partial charge in [0, 0.05) is 25.1 Å². The van der Waals surface area contributed by atoms with Gasteiger partial charge in [-0.2, -0.15) is 4.98 Å². The van der Waals surface area contributed by atoms with Crippen LogP contribution in [0.5, 0.6) is 0 Å². The predicted octanol–water partition coefficient (Wildman–Crippen LogP) is 1.64. The van der Waals surface area contributed by atoms with E-state index in [9.17, 15) is 0 Å². The van der Waals surface area contributed by atoms with Crippen molar-refractivity contribution in [3.8, 4) is 11.6 Å². The third-order valence-corrected chi connectivity index (χ3v) is 2.82. The topological polar surface area (TPSA) is 82.8 Å². The van der Waals surface area contributed by atoms with E-state index in [1.165, 1.54) is 0 Å². The van der Waals surface area contributed by atoms with E-state index in [4.69, 9.17) is 10.3 Å². The monoisotopic (exact) mass is 255 g/mol. The summed E-state index contributed by atoms with van der Waals surface area (Å²) >= 11 is 0. The molecule has 6 heteroatoms.